The molecule has 4 fully saturated rings. The number of sulfonamides is 1. The lowest BCUT2D eigenvalue weighted by molar-refractivity contribution is -0.158. The van der Waals surface area contributed by atoms with Crippen LogP contribution in [0.2, 0.25) is 0 Å². The summed E-state index contributed by atoms with van der Waals surface area (Å²) in [5.74, 6) is 0.315. The number of amides is 2. The molecule has 53 heavy (non-hydrogen) atoms. The molecule has 0 unspecified atom stereocenters. The Morgan fingerprint density at radius 1 is 0.925 bits per heavy atom. The quantitative estimate of drug-likeness (QED) is 0.140. The Balaban J connectivity index is 1.02. The molecular formula is C38H34N6O6S3. The number of anilines is 1. The molecule has 270 valence electrons. The summed E-state index contributed by atoms with van der Waals surface area (Å²) in [4.78, 5) is 30.4. The Labute approximate surface area is 314 Å². The summed E-state index contributed by atoms with van der Waals surface area (Å²) in [5.41, 5.74) is 3.66. The SMILES string of the molecule is COc1ccc(-c2cn(CCOCc3ccc([C@]45C[C@@]67SS[C@@H](C(=O)N6[C@H]4N(S(=O)(=O)c4ccccc4)c4ccccc45)N(C)C7=O)cc3)nn2)cc1. The highest BCUT2D eigenvalue weighted by Gasteiger charge is 2.77. The highest BCUT2D eigenvalue weighted by atomic mass is 33.1. The second kappa shape index (κ2) is 12.6. The van der Waals surface area contributed by atoms with Crippen LogP contribution in [0.3, 0.4) is 0 Å². The molecule has 15 heteroatoms. The minimum Gasteiger partial charge on any atom is -0.497 e. The van der Waals surface area contributed by atoms with Crippen LogP contribution in [0.25, 0.3) is 11.3 Å². The molecule has 6 heterocycles. The molecule has 2 amide bonds. The van der Waals surface area contributed by atoms with Gasteiger partial charge < -0.3 is 14.4 Å². The van der Waals surface area contributed by atoms with Gasteiger partial charge in [-0.2, -0.15) is 0 Å². The van der Waals surface area contributed by atoms with Gasteiger partial charge in [-0.15, -0.1) is 5.10 Å². The monoisotopic (exact) mass is 766 g/mol. The summed E-state index contributed by atoms with van der Waals surface area (Å²) < 4.78 is 43.8. The first-order valence-electron chi connectivity index (χ1n) is 17.0. The predicted molar refractivity (Wildman–Crippen MR) is 201 cm³/mol. The van der Waals surface area contributed by atoms with E-state index < -0.39 is 31.8 Å². The molecule has 12 nitrogen and oxygen atoms in total. The number of methoxy groups -OCH3 is 1. The number of rotatable bonds is 10. The van der Waals surface area contributed by atoms with Crippen molar-refractivity contribution >= 4 is 49.1 Å². The number of ether oxygens (including phenoxy) is 2. The zero-order valence-electron chi connectivity index (χ0n) is 28.7. The molecule has 5 aromatic rings. The van der Waals surface area contributed by atoms with Crippen LogP contribution in [0.4, 0.5) is 5.69 Å². The summed E-state index contributed by atoms with van der Waals surface area (Å²) in [6, 6.07) is 31.2. The second-order valence-electron chi connectivity index (χ2n) is 13.4. The summed E-state index contributed by atoms with van der Waals surface area (Å²) in [5, 5.41) is 7.77. The zero-order valence-corrected chi connectivity index (χ0v) is 31.2. The van der Waals surface area contributed by atoms with Gasteiger partial charge in [0.05, 0.1) is 49.1 Å². The van der Waals surface area contributed by atoms with Crippen molar-refractivity contribution in [2.24, 2.45) is 0 Å². The molecule has 10 rings (SSSR count). The van der Waals surface area contributed by atoms with Crippen molar-refractivity contribution in [3.05, 3.63) is 126 Å². The number of para-hydroxylation sites is 1. The summed E-state index contributed by atoms with van der Waals surface area (Å²) in [6.07, 6.45) is 1.09. The van der Waals surface area contributed by atoms with Gasteiger partial charge >= 0.3 is 0 Å². The second-order valence-corrected chi connectivity index (χ2v) is 17.8. The summed E-state index contributed by atoms with van der Waals surface area (Å²) in [6.45, 7) is 1.26. The third-order valence-electron chi connectivity index (χ3n) is 10.6. The standard InChI is InChI=1S/C38H34N6O6S3/c1-41-34-33(45)43-35-37(24-38(43,36(41)46)52-51-34,30-10-6-7-11-32(30)44(35)53(47,48)29-8-4-3-5-9-29)27-16-12-25(13-17-27)23-50-21-20-42-22-31(39-40-42)26-14-18-28(49-2)19-15-26/h3-19,22,34-35H,20-21,23-24H2,1-2H3/t34-,35-,37-,38-/m0/s1. The van der Waals surface area contributed by atoms with Gasteiger partial charge in [0.2, 0.25) is 0 Å². The van der Waals surface area contributed by atoms with Gasteiger partial charge in [-0.05, 0) is 59.2 Å². The first kappa shape index (κ1) is 34.0. The molecule has 5 aliphatic heterocycles. The number of carbonyl (C=O) groups is 2. The molecule has 4 atom stereocenters. The molecule has 4 saturated heterocycles. The van der Waals surface area contributed by atoms with Crippen molar-refractivity contribution in [2.45, 2.75) is 46.3 Å². The minimum atomic E-state index is -4.18. The number of likely N-dealkylation sites (N-methyl/N-ethyl adjacent to an activating group) is 1. The third kappa shape index (κ3) is 5.04. The Morgan fingerprint density at radius 3 is 2.42 bits per heavy atom. The van der Waals surface area contributed by atoms with Crippen LogP contribution < -0.4 is 9.04 Å². The molecule has 1 spiro atoms. The van der Waals surface area contributed by atoms with Gasteiger partial charge in [-0.3, -0.25) is 14.5 Å². The average molecular weight is 767 g/mol. The normalized spacial score (nSPS) is 24.4. The molecule has 0 radical (unpaired) electrons. The first-order chi connectivity index (χ1) is 25.7. The fourth-order valence-corrected chi connectivity index (χ4v) is 13.2. The first-order valence-corrected chi connectivity index (χ1v) is 20.7. The molecule has 0 saturated carbocycles. The number of fused-ring (bicyclic) bond motifs is 5. The maximum Gasteiger partial charge on any atom is 0.266 e. The molecule has 1 aromatic heterocycles. The van der Waals surface area contributed by atoms with Crippen LogP contribution in [-0.2, 0) is 42.9 Å². The Hall–Kier alpha value is -4.83. The average Bonchev–Trinajstić information content (AvgIpc) is 3.87. The van der Waals surface area contributed by atoms with Gasteiger partial charge in [0, 0.05) is 19.0 Å². The van der Waals surface area contributed by atoms with Crippen LogP contribution in [-0.4, -0.2) is 82.2 Å². The van der Waals surface area contributed by atoms with Crippen molar-refractivity contribution in [1.29, 1.82) is 0 Å². The van der Waals surface area contributed by atoms with Crippen molar-refractivity contribution in [1.82, 2.24) is 24.8 Å². The van der Waals surface area contributed by atoms with Gasteiger partial charge in [0.25, 0.3) is 21.8 Å². The maximum absolute atomic E-state index is 14.7. The predicted octanol–water partition coefficient (Wildman–Crippen LogP) is 5.11. The van der Waals surface area contributed by atoms with Crippen LogP contribution in [0, 0.1) is 0 Å². The smallest absolute Gasteiger partial charge is 0.266 e. The number of aromatic nitrogens is 3. The maximum atomic E-state index is 14.7. The Morgan fingerprint density at radius 2 is 1.66 bits per heavy atom. The summed E-state index contributed by atoms with van der Waals surface area (Å²) in [7, 11) is 1.84. The van der Waals surface area contributed by atoms with E-state index >= 15 is 0 Å². The van der Waals surface area contributed by atoms with E-state index in [-0.39, 0.29) is 23.1 Å². The van der Waals surface area contributed by atoms with E-state index in [4.69, 9.17) is 9.47 Å². The van der Waals surface area contributed by atoms with Gasteiger partial charge in [0.15, 0.2) is 10.2 Å². The van der Waals surface area contributed by atoms with E-state index in [1.54, 1.807) is 60.1 Å². The largest absolute Gasteiger partial charge is 0.497 e. The van der Waals surface area contributed by atoms with Gasteiger partial charge in [-0.1, -0.05) is 87.5 Å². The van der Waals surface area contributed by atoms with Crippen molar-refractivity contribution in [3.8, 4) is 17.0 Å². The molecular weight excluding hydrogens is 733 g/mol. The molecule has 0 aliphatic carbocycles. The fraction of sp³-hybridized carbons (Fsp3) is 0.263. The number of benzene rings is 4. The van der Waals surface area contributed by atoms with E-state index in [1.807, 2.05) is 72.9 Å². The van der Waals surface area contributed by atoms with Crippen molar-refractivity contribution < 1.29 is 27.5 Å². The molecule has 5 aliphatic rings. The number of carbonyl (C=O) groups excluding carboxylic acids is 2. The van der Waals surface area contributed by atoms with Crippen LogP contribution in [0.15, 0.2) is 114 Å². The van der Waals surface area contributed by atoms with E-state index in [2.05, 4.69) is 10.3 Å². The zero-order chi connectivity index (χ0) is 36.5. The van der Waals surface area contributed by atoms with Crippen LogP contribution in [0.1, 0.15) is 23.1 Å². The van der Waals surface area contributed by atoms with E-state index in [0.717, 1.165) is 33.7 Å². The molecule has 2 bridgehead atoms. The molecule has 4 aromatic carbocycles. The number of nitrogens with zero attached hydrogens (tertiary/aromatic N) is 6. The highest BCUT2D eigenvalue weighted by molar-refractivity contribution is 8.78. The van der Waals surface area contributed by atoms with E-state index in [1.165, 1.54) is 30.8 Å². The van der Waals surface area contributed by atoms with E-state index in [0.29, 0.717) is 25.4 Å². The fourth-order valence-electron chi connectivity index (χ4n) is 8.09. The summed E-state index contributed by atoms with van der Waals surface area (Å²) >= 11 is 0. The third-order valence-corrected chi connectivity index (χ3v) is 15.6. The Kier molecular flexibility index (Phi) is 8.11. The number of piperazine rings is 1. The number of hydrogen-bond acceptors (Lipinski definition) is 10. The van der Waals surface area contributed by atoms with Crippen LogP contribution in [0.5, 0.6) is 5.75 Å². The molecule has 0 N–H and O–H groups in total. The van der Waals surface area contributed by atoms with Gasteiger partial charge in [0.1, 0.15) is 17.6 Å². The van der Waals surface area contributed by atoms with Crippen LogP contribution >= 0.6 is 21.6 Å². The lowest BCUT2D eigenvalue weighted by atomic mass is 9.72. The minimum absolute atomic E-state index is 0.113. The van der Waals surface area contributed by atoms with Crippen molar-refractivity contribution in [2.75, 3.05) is 25.1 Å². The highest BCUT2D eigenvalue weighted by Crippen LogP contribution is 2.69. The lowest BCUT2D eigenvalue weighted by Crippen LogP contribution is -2.72. The topological polar surface area (TPSA) is 127 Å². The van der Waals surface area contributed by atoms with Gasteiger partial charge in [-0.25, -0.2) is 17.4 Å². The van der Waals surface area contributed by atoms with E-state index in [9.17, 15) is 18.0 Å². The number of hydrogen-bond donors (Lipinski definition) is 0. The van der Waals surface area contributed by atoms with Crippen molar-refractivity contribution in [3.63, 3.8) is 0 Å². The lowest BCUT2D eigenvalue weighted by Gasteiger charge is -2.53. The Bertz CT molecular complexity index is 2340.